The van der Waals surface area contributed by atoms with Crippen molar-refractivity contribution in [2.24, 2.45) is 5.73 Å². The largest absolute Gasteiger partial charge is 0.494 e. The van der Waals surface area contributed by atoms with Gasteiger partial charge in [-0.3, -0.25) is 0 Å². The molecule has 4 nitrogen and oxygen atoms in total. The summed E-state index contributed by atoms with van der Waals surface area (Å²) in [5.74, 6) is 1.54. The summed E-state index contributed by atoms with van der Waals surface area (Å²) in [6, 6.07) is 5.71. The van der Waals surface area contributed by atoms with Gasteiger partial charge in [-0.05, 0) is 31.5 Å². The third kappa shape index (κ3) is 2.77. The molecule has 1 heterocycles. The number of fused-ring (bicyclic) bond motifs is 1. The summed E-state index contributed by atoms with van der Waals surface area (Å²) in [7, 11) is 1.64. The number of nitrogens with two attached hydrogens (primary N) is 1. The molecule has 0 atom stereocenters. The molecule has 0 amide bonds. The van der Waals surface area contributed by atoms with E-state index in [1.165, 1.54) is 0 Å². The number of nitrogens with zero attached hydrogens (tertiary/aromatic N) is 1. The van der Waals surface area contributed by atoms with Gasteiger partial charge in [-0.1, -0.05) is 12.5 Å². The van der Waals surface area contributed by atoms with Crippen molar-refractivity contribution >= 4 is 11.1 Å². The Labute approximate surface area is 101 Å². The van der Waals surface area contributed by atoms with Crippen molar-refractivity contribution in [2.75, 3.05) is 13.7 Å². The highest BCUT2D eigenvalue weighted by molar-refractivity contribution is 5.79. The second-order valence-electron chi connectivity index (χ2n) is 4.01. The van der Waals surface area contributed by atoms with Crippen LogP contribution in [0.2, 0.25) is 0 Å². The first kappa shape index (κ1) is 11.9. The minimum Gasteiger partial charge on any atom is -0.494 e. The summed E-state index contributed by atoms with van der Waals surface area (Å²) in [5, 5.41) is 0. The molecule has 0 aliphatic rings. The van der Waals surface area contributed by atoms with E-state index >= 15 is 0 Å². The highest BCUT2D eigenvalue weighted by Gasteiger charge is 2.09. The lowest BCUT2D eigenvalue weighted by molar-refractivity contribution is 0.419. The topological polar surface area (TPSA) is 61.3 Å². The van der Waals surface area contributed by atoms with E-state index in [9.17, 15) is 0 Å². The molecule has 0 fully saturated rings. The van der Waals surface area contributed by atoms with Gasteiger partial charge < -0.3 is 14.9 Å². The monoisotopic (exact) mass is 234 g/mol. The van der Waals surface area contributed by atoms with Crippen LogP contribution in [0.25, 0.3) is 11.1 Å². The normalized spacial score (nSPS) is 10.9. The maximum Gasteiger partial charge on any atom is 0.195 e. The molecule has 17 heavy (non-hydrogen) atoms. The van der Waals surface area contributed by atoms with Gasteiger partial charge in [0.25, 0.3) is 0 Å². The molecule has 92 valence electrons. The van der Waals surface area contributed by atoms with Gasteiger partial charge in [0, 0.05) is 6.42 Å². The van der Waals surface area contributed by atoms with Gasteiger partial charge >= 0.3 is 0 Å². The SMILES string of the molecule is COc1cccc2oc(CCCCCN)nc12. The first-order chi connectivity index (χ1) is 8.35. The van der Waals surface area contributed by atoms with E-state index in [4.69, 9.17) is 14.9 Å². The van der Waals surface area contributed by atoms with Gasteiger partial charge in [-0.25, -0.2) is 4.98 Å². The van der Waals surface area contributed by atoms with E-state index in [-0.39, 0.29) is 0 Å². The van der Waals surface area contributed by atoms with Crippen molar-refractivity contribution in [2.45, 2.75) is 25.7 Å². The van der Waals surface area contributed by atoms with Gasteiger partial charge in [0.1, 0.15) is 5.75 Å². The highest BCUT2D eigenvalue weighted by Crippen LogP contribution is 2.25. The van der Waals surface area contributed by atoms with E-state index < -0.39 is 0 Å². The number of rotatable bonds is 6. The maximum atomic E-state index is 5.67. The summed E-state index contributed by atoms with van der Waals surface area (Å²) >= 11 is 0. The number of unbranched alkanes of at least 4 members (excludes halogenated alkanes) is 2. The van der Waals surface area contributed by atoms with Crippen molar-refractivity contribution in [3.63, 3.8) is 0 Å². The van der Waals surface area contributed by atoms with Crippen molar-refractivity contribution in [3.05, 3.63) is 24.1 Å². The molecular formula is C13H18N2O2. The first-order valence-corrected chi connectivity index (χ1v) is 5.97. The number of hydrogen-bond donors (Lipinski definition) is 1. The van der Waals surface area contributed by atoms with Crippen molar-refractivity contribution < 1.29 is 9.15 Å². The van der Waals surface area contributed by atoms with Crippen LogP contribution in [0.15, 0.2) is 22.6 Å². The molecule has 0 aliphatic heterocycles. The van der Waals surface area contributed by atoms with E-state index in [2.05, 4.69) is 4.98 Å². The number of hydrogen-bond acceptors (Lipinski definition) is 4. The molecule has 1 aromatic carbocycles. The van der Waals surface area contributed by atoms with Crippen LogP contribution in [0.1, 0.15) is 25.2 Å². The Kier molecular flexibility index (Phi) is 3.98. The summed E-state index contributed by atoms with van der Waals surface area (Å²) in [6.45, 7) is 0.751. The van der Waals surface area contributed by atoms with Crippen LogP contribution < -0.4 is 10.5 Å². The smallest absolute Gasteiger partial charge is 0.195 e. The fourth-order valence-corrected chi connectivity index (χ4v) is 1.84. The van der Waals surface area contributed by atoms with Crippen LogP contribution in [0.4, 0.5) is 0 Å². The number of aromatic nitrogens is 1. The molecule has 2 rings (SSSR count). The Bertz CT molecular complexity index is 479. The maximum absolute atomic E-state index is 5.67. The molecule has 0 aliphatic carbocycles. The second kappa shape index (κ2) is 5.68. The molecule has 0 unspecified atom stereocenters. The minimum absolute atomic E-state index is 0.751. The Morgan fingerprint density at radius 1 is 1.29 bits per heavy atom. The average molecular weight is 234 g/mol. The fraction of sp³-hybridized carbons (Fsp3) is 0.462. The number of benzene rings is 1. The van der Waals surface area contributed by atoms with Crippen LogP contribution in [-0.4, -0.2) is 18.6 Å². The molecule has 2 aromatic rings. The summed E-state index contributed by atoms with van der Waals surface area (Å²) in [6.07, 6.45) is 4.10. The lowest BCUT2D eigenvalue weighted by atomic mass is 10.2. The summed E-state index contributed by atoms with van der Waals surface area (Å²) in [4.78, 5) is 4.46. The van der Waals surface area contributed by atoms with Crippen LogP contribution in [0.3, 0.4) is 0 Å². The number of para-hydroxylation sites is 1. The predicted octanol–water partition coefficient (Wildman–Crippen LogP) is 2.51. The standard InChI is InChI=1S/C13H18N2O2/c1-16-10-6-5-7-11-13(10)15-12(17-11)8-3-2-4-9-14/h5-7H,2-4,8-9,14H2,1H3. The Hall–Kier alpha value is -1.55. The van der Waals surface area contributed by atoms with Crippen LogP contribution in [0, 0.1) is 0 Å². The minimum atomic E-state index is 0.751. The molecule has 0 spiro atoms. The second-order valence-corrected chi connectivity index (χ2v) is 4.01. The van der Waals surface area contributed by atoms with Crippen LogP contribution >= 0.6 is 0 Å². The van der Waals surface area contributed by atoms with E-state index in [0.717, 1.165) is 55.0 Å². The Balaban J connectivity index is 2.09. The third-order valence-corrected chi connectivity index (χ3v) is 2.74. The summed E-state index contributed by atoms with van der Waals surface area (Å²) < 4.78 is 10.9. The Morgan fingerprint density at radius 3 is 2.94 bits per heavy atom. The van der Waals surface area contributed by atoms with Crippen molar-refractivity contribution in [1.82, 2.24) is 4.98 Å². The highest BCUT2D eigenvalue weighted by atomic mass is 16.5. The van der Waals surface area contributed by atoms with Gasteiger partial charge in [-0.2, -0.15) is 0 Å². The van der Waals surface area contributed by atoms with Crippen LogP contribution in [0.5, 0.6) is 5.75 Å². The van der Waals surface area contributed by atoms with Gasteiger partial charge in [0.2, 0.25) is 0 Å². The fourth-order valence-electron chi connectivity index (χ4n) is 1.84. The first-order valence-electron chi connectivity index (χ1n) is 5.97. The zero-order valence-electron chi connectivity index (χ0n) is 10.1. The van der Waals surface area contributed by atoms with Crippen LogP contribution in [-0.2, 0) is 6.42 Å². The van der Waals surface area contributed by atoms with E-state index in [0.29, 0.717) is 0 Å². The predicted molar refractivity (Wildman–Crippen MR) is 67.2 cm³/mol. The molecule has 1 aromatic heterocycles. The number of oxazole rings is 1. The molecule has 0 radical (unpaired) electrons. The van der Waals surface area contributed by atoms with Gasteiger partial charge in [0.05, 0.1) is 7.11 Å². The van der Waals surface area contributed by atoms with Crippen molar-refractivity contribution in [1.29, 1.82) is 0 Å². The molecule has 0 bridgehead atoms. The third-order valence-electron chi connectivity index (χ3n) is 2.74. The number of aryl methyl sites for hydroxylation is 1. The number of ether oxygens (including phenoxy) is 1. The number of methoxy groups -OCH3 is 1. The zero-order chi connectivity index (χ0) is 12.1. The summed E-state index contributed by atoms with van der Waals surface area (Å²) in [5.41, 5.74) is 7.05. The van der Waals surface area contributed by atoms with Gasteiger partial charge in [-0.15, -0.1) is 0 Å². The lowest BCUT2D eigenvalue weighted by Gasteiger charge is -1.96. The average Bonchev–Trinajstić information content (AvgIpc) is 2.77. The molecule has 4 heteroatoms. The molecular weight excluding hydrogens is 216 g/mol. The van der Waals surface area contributed by atoms with Crippen molar-refractivity contribution in [3.8, 4) is 5.75 Å². The molecule has 0 saturated heterocycles. The van der Waals surface area contributed by atoms with E-state index in [1.54, 1.807) is 7.11 Å². The zero-order valence-corrected chi connectivity index (χ0v) is 10.1. The van der Waals surface area contributed by atoms with E-state index in [1.807, 2.05) is 18.2 Å². The Morgan fingerprint density at radius 2 is 2.18 bits per heavy atom. The quantitative estimate of drug-likeness (QED) is 0.780. The molecule has 2 N–H and O–H groups in total. The lowest BCUT2D eigenvalue weighted by Crippen LogP contribution is -1.98. The van der Waals surface area contributed by atoms with Gasteiger partial charge in [0.15, 0.2) is 17.0 Å². The molecule has 0 saturated carbocycles.